The number of nitrogens with two attached hydrogens (primary N) is 1. The van der Waals surface area contributed by atoms with Crippen LogP contribution in [-0.2, 0) is 39.5 Å². The molecule has 0 unspecified atom stereocenters. The third kappa shape index (κ3) is 7.95. The third-order valence-corrected chi connectivity index (χ3v) is 10.7. The van der Waals surface area contributed by atoms with Gasteiger partial charge in [0.15, 0.2) is 0 Å². The summed E-state index contributed by atoms with van der Waals surface area (Å²) in [5.74, 6) is -2.14. The second-order valence-corrected chi connectivity index (χ2v) is 15.5. The van der Waals surface area contributed by atoms with Crippen molar-refractivity contribution in [3.05, 3.63) is 25.3 Å². The fourth-order valence-corrected chi connectivity index (χ4v) is 7.70. The van der Waals surface area contributed by atoms with Gasteiger partial charge in [0.25, 0.3) is 5.91 Å². The van der Waals surface area contributed by atoms with Gasteiger partial charge in [-0.1, -0.05) is 12.2 Å². The Labute approximate surface area is 243 Å². The topological polar surface area (TPSA) is 185 Å². The number of rotatable bonds is 10. The van der Waals surface area contributed by atoms with Gasteiger partial charge in [0, 0.05) is 32.1 Å². The van der Waals surface area contributed by atoms with Crippen LogP contribution >= 0.6 is 0 Å². The summed E-state index contributed by atoms with van der Waals surface area (Å²) in [6.07, 6.45) is 7.11. The van der Waals surface area contributed by atoms with Crippen LogP contribution in [0.5, 0.6) is 0 Å². The molecule has 15 heteroatoms. The zero-order valence-corrected chi connectivity index (χ0v) is 25.7. The van der Waals surface area contributed by atoms with Crippen molar-refractivity contribution < 1.29 is 36.0 Å². The molecule has 4 aliphatic rings. The van der Waals surface area contributed by atoms with Gasteiger partial charge in [-0.2, -0.15) is 25.4 Å². The number of ether oxygens (including phenoxy) is 1. The van der Waals surface area contributed by atoms with Crippen molar-refractivity contribution in [2.24, 2.45) is 23.0 Å². The highest BCUT2D eigenvalue weighted by molar-refractivity contribution is 7.88. The quantitative estimate of drug-likeness (QED) is 0.235. The van der Waals surface area contributed by atoms with Crippen molar-refractivity contribution in [2.75, 3.05) is 26.2 Å². The Morgan fingerprint density at radius 2 is 1.29 bits per heavy atom. The van der Waals surface area contributed by atoms with Gasteiger partial charge in [0.2, 0.25) is 5.91 Å². The van der Waals surface area contributed by atoms with E-state index in [9.17, 15) is 31.2 Å². The first-order valence-electron chi connectivity index (χ1n) is 13.8. The highest BCUT2D eigenvalue weighted by Gasteiger charge is 2.61. The van der Waals surface area contributed by atoms with Gasteiger partial charge < -0.3 is 10.5 Å². The molecule has 2 aliphatic carbocycles. The molecule has 4 atom stereocenters. The molecule has 0 radical (unpaired) electrons. The standard InChI is InChI=1S/C16H26N2O5S.C10H17N3O3S/c1-5-12-10-16(12,11-13(19)23-15(2,3)4)14(20)17-24(21,22)18-8-6-7-9-18;1-2-8-7-10(8,11)9(14)12-17(15,16)13-5-3-4-6-13/h5,12H,1,6-11H2,2-4H3,(H,17,20);2,8H,1,3-7,11H2,(H,12,14)/t12-,16-;8-,10-/m11/s1. The molecule has 4 N–H and O–H groups in total. The maximum Gasteiger partial charge on any atom is 0.307 e. The van der Waals surface area contributed by atoms with E-state index in [4.69, 9.17) is 10.5 Å². The summed E-state index contributed by atoms with van der Waals surface area (Å²) in [5, 5.41) is 0. The summed E-state index contributed by atoms with van der Waals surface area (Å²) >= 11 is 0. The molecule has 0 aromatic heterocycles. The summed E-state index contributed by atoms with van der Waals surface area (Å²) in [6.45, 7) is 14.2. The van der Waals surface area contributed by atoms with Crippen LogP contribution in [0.25, 0.3) is 0 Å². The molecule has 4 fully saturated rings. The highest BCUT2D eigenvalue weighted by atomic mass is 32.2. The van der Waals surface area contributed by atoms with E-state index < -0.39 is 54.8 Å². The van der Waals surface area contributed by atoms with Crippen molar-refractivity contribution in [3.63, 3.8) is 0 Å². The van der Waals surface area contributed by atoms with Crippen LogP contribution in [-0.4, -0.2) is 80.5 Å². The van der Waals surface area contributed by atoms with Crippen molar-refractivity contribution in [1.82, 2.24) is 18.1 Å². The number of esters is 1. The van der Waals surface area contributed by atoms with Gasteiger partial charge >= 0.3 is 26.4 Å². The van der Waals surface area contributed by atoms with E-state index in [1.54, 1.807) is 32.9 Å². The average molecular weight is 618 g/mol. The van der Waals surface area contributed by atoms with Gasteiger partial charge in [-0.05, 0) is 65.2 Å². The van der Waals surface area contributed by atoms with Crippen molar-refractivity contribution in [1.29, 1.82) is 0 Å². The highest BCUT2D eigenvalue weighted by Crippen LogP contribution is 2.56. The number of nitrogens with one attached hydrogen (secondary N) is 2. The second-order valence-electron chi connectivity index (χ2n) is 12.1. The van der Waals surface area contributed by atoms with Gasteiger partial charge in [0.05, 0.1) is 11.8 Å². The summed E-state index contributed by atoms with van der Waals surface area (Å²) in [6, 6.07) is 0. The van der Waals surface area contributed by atoms with Gasteiger partial charge in [0.1, 0.15) is 11.1 Å². The smallest absolute Gasteiger partial charge is 0.307 e. The summed E-state index contributed by atoms with van der Waals surface area (Å²) < 4.78 is 60.2. The number of nitrogens with zero attached hydrogens (tertiary/aromatic N) is 2. The number of carbonyl (C=O) groups excluding carboxylic acids is 3. The SMILES string of the molecule is C=C[C@@H]1C[C@]1(CC(=O)OC(C)(C)C)C(=O)NS(=O)(=O)N1CCCC1.C=C[C@@H]1C[C@]1(N)C(=O)NS(=O)(=O)N1CCCC1. The first-order valence-corrected chi connectivity index (χ1v) is 16.7. The Morgan fingerprint density at radius 1 is 0.854 bits per heavy atom. The third-order valence-electron chi connectivity index (χ3n) is 7.77. The zero-order chi connectivity index (χ0) is 30.9. The Kier molecular flexibility index (Phi) is 9.80. The van der Waals surface area contributed by atoms with Gasteiger partial charge in [-0.15, -0.1) is 13.2 Å². The molecule has 2 saturated carbocycles. The van der Waals surface area contributed by atoms with Crippen LogP contribution in [0.1, 0.15) is 65.7 Å². The summed E-state index contributed by atoms with van der Waals surface area (Å²) in [5.41, 5.74) is 2.97. The molecule has 0 spiro atoms. The zero-order valence-electron chi connectivity index (χ0n) is 24.1. The van der Waals surface area contributed by atoms with Crippen LogP contribution in [0.2, 0.25) is 0 Å². The molecule has 232 valence electrons. The molecule has 4 rings (SSSR count). The van der Waals surface area contributed by atoms with E-state index in [1.165, 1.54) is 8.61 Å². The Morgan fingerprint density at radius 3 is 1.66 bits per heavy atom. The fraction of sp³-hybridized carbons (Fsp3) is 0.731. The molecule has 2 aliphatic heterocycles. The molecule has 0 bridgehead atoms. The monoisotopic (exact) mass is 617 g/mol. The maximum atomic E-state index is 12.6. The summed E-state index contributed by atoms with van der Waals surface area (Å²) in [7, 11) is -7.57. The lowest BCUT2D eigenvalue weighted by Crippen LogP contribution is -2.50. The minimum absolute atomic E-state index is 0.128. The molecule has 0 aromatic rings. The molecule has 2 saturated heterocycles. The lowest BCUT2D eigenvalue weighted by molar-refractivity contribution is -0.158. The van der Waals surface area contributed by atoms with E-state index in [-0.39, 0.29) is 18.3 Å². The van der Waals surface area contributed by atoms with Crippen LogP contribution in [0.3, 0.4) is 0 Å². The van der Waals surface area contributed by atoms with Crippen LogP contribution in [0.4, 0.5) is 0 Å². The molecule has 2 amide bonds. The van der Waals surface area contributed by atoms with E-state index in [0.29, 0.717) is 39.0 Å². The lowest BCUT2D eigenvalue weighted by atomic mass is 9.98. The van der Waals surface area contributed by atoms with Gasteiger partial charge in [-0.25, -0.2) is 9.44 Å². The second kappa shape index (κ2) is 12.1. The normalized spacial score (nSPS) is 30.0. The molecular formula is C26H43N5O8S2. The number of hydrogen-bond acceptors (Lipinski definition) is 9. The van der Waals surface area contributed by atoms with Crippen molar-refractivity contribution >= 4 is 38.2 Å². The Bertz CT molecular complexity index is 1270. The summed E-state index contributed by atoms with van der Waals surface area (Å²) in [4.78, 5) is 36.5. The fourth-order valence-electron chi connectivity index (χ4n) is 5.10. The minimum Gasteiger partial charge on any atom is -0.460 e. The Hall–Kier alpha value is -2.33. The van der Waals surface area contributed by atoms with Crippen LogP contribution in [0, 0.1) is 17.3 Å². The predicted octanol–water partition coefficient (Wildman–Crippen LogP) is 0.714. The molecule has 13 nitrogen and oxygen atoms in total. The van der Waals surface area contributed by atoms with Crippen LogP contribution in [0.15, 0.2) is 25.3 Å². The predicted molar refractivity (Wildman–Crippen MR) is 152 cm³/mol. The lowest BCUT2D eigenvalue weighted by Gasteiger charge is -2.23. The van der Waals surface area contributed by atoms with E-state index in [2.05, 4.69) is 22.6 Å². The first-order chi connectivity index (χ1) is 18.9. The average Bonchev–Trinajstić information content (AvgIpc) is 3.46. The molecular weight excluding hydrogens is 574 g/mol. The minimum atomic E-state index is -3.86. The maximum absolute atomic E-state index is 12.6. The number of carbonyl (C=O) groups is 3. The van der Waals surface area contributed by atoms with E-state index >= 15 is 0 Å². The van der Waals surface area contributed by atoms with Gasteiger partial charge in [-0.3, -0.25) is 14.4 Å². The molecule has 41 heavy (non-hydrogen) atoms. The largest absolute Gasteiger partial charge is 0.460 e. The Balaban J connectivity index is 0.000000239. The molecule has 2 heterocycles. The number of allylic oxidation sites excluding steroid dienone is 1. The van der Waals surface area contributed by atoms with E-state index in [0.717, 1.165) is 25.7 Å². The first kappa shape index (κ1) is 33.2. The van der Waals surface area contributed by atoms with Crippen molar-refractivity contribution in [3.8, 4) is 0 Å². The number of amides is 2. The van der Waals surface area contributed by atoms with Crippen molar-refractivity contribution in [2.45, 2.75) is 76.9 Å². The number of hydrogen-bond donors (Lipinski definition) is 3. The van der Waals surface area contributed by atoms with Crippen LogP contribution < -0.4 is 15.2 Å². The molecule has 0 aromatic carbocycles. The van der Waals surface area contributed by atoms with E-state index in [1.807, 2.05) is 0 Å².